The fraction of sp³-hybridized carbons (Fsp3) is 0.292. The second kappa shape index (κ2) is 10.8. The van der Waals surface area contributed by atoms with E-state index in [1.807, 2.05) is 32.0 Å². The number of halogens is 2. The van der Waals surface area contributed by atoms with Gasteiger partial charge in [0.15, 0.2) is 11.5 Å². The summed E-state index contributed by atoms with van der Waals surface area (Å²) in [5, 5.41) is 5.01. The molecule has 0 aliphatic carbocycles. The quantitative estimate of drug-likeness (QED) is 0.261. The molecule has 6 nitrogen and oxygen atoms in total. The summed E-state index contributed by atoms with van der Waals surface area (Å²) < 4.78 is 14.2. The summed E-state index contributed by atoms with van der Waals surface area (Å²) in [5.74, 6) is 4.17. The molecule has 0 saturated heterocycles. The van der Waals surface area contributed by atoms with Gasteiger partial charge in [-0.25, -0.2) is 4.98 Å². The highest BCUT2D eigenvalue weighted by Gasteiger charge is 2.16. The van der Waals surface area contributed by atoms with Crippen LogP contribution in [0.3, 0.4) is 0 Å². The van der Waals surface area contributed by atoms with Crippen LogP contribution in [-0.4, -0.2) is 29.1 Å². The Hall–Kier alpha value is -2.63. The second-order valence-electron chi connectivity index (χ2n) is 7.06. The van der Waals surface area contributed by atoms with Crippen LogP contribution in [0.15, 0.2) is 49.2 Å². The van der Waals surface area contributed by atoms with Crippen molar-refractivity contribution in [3.8, 4) is 23.8 Å². The highest BCUT2D eigenvalue weighted by molar-refractivity contribution is 9.10. The molecule has 166 valence electrons. The molecule has 8 heteroatoms. The minimum atomic E-state index is -0.221. The minimum Gasteiger partial charge on any atom is -0.490 e. The van der Waals surface area contributed by atoms with Crippen LogP contribution in [-0.2, 0) is 0 Å². The van der Waals surface area contributed by atoms with E-state index in [0.29, 0.717) is 39.3 Å². The van der Waals surface area contributed by atoms with Crippen molar-refractivity contribution in [1.82, 2.24) is 9.66 Å². The molecule has 0 radical (unpaired) electrons. The highest BCUT2D eigenvalue weighted by atomic mass is 79.9. The topological polar surface area (TPSA) is 65.7 Å². The molecule has 0 bridgehead atoms. The van der Waals surface area contributed by atoms with Crippen LogP contribution in [0.4, 0.5) is 0 Å². The van der Waals surface area contributed by atoms with E-state index < -0.39 is 0 Å². The molecular weight excluding hydrogens is 538 g/mol. The van der Waals surface area contributed by atoms with E-state index in [4.69, 9.17) is 20.9 Å². The summed E-state index contributed by atoms with van der Waals surface area (Å²) in [6.07, 6.45) is 7.74. The fourth-order valence-corrected chi connectivity index (χ4v) is 4.02. The van der Waals surface area contributed by atoms with Crippen molar-refractivity contribution in [3.63, 3.8) is 0 Å². The smallest absolute Gasteiger partial charge is 0.282 e. The number of hydrogen-bond donors (Lipinski definition) is 0. The van der Waals surface area contributed by atoms with Gasteiger partial charge in [0.05, 0.1) is 28.2 Å². The van der Waals surface area contributed by atoms with Crippen LogP contribution in [0.2, 0.25) is 0 Å². The van der Waals surface area contributed by atoms with E-state index in [0.717, 1.165) is 16.5 Å². The normalized spacial score (nSPS) is 12.1. The highest BCUT2D eigenvalue weighted by Crippen LogP contribution is 2.36. The maximum absolute atomic E-state index is 13.3. The zero-order chi connectivity index (χ0) is 23.3. The van der Waals surface area contributed by atoms with Gasteiger partial charge in [-0.3, -0.25) is 4.79 Å². The molecule has 0 aliphatic heterocycles. The molecule has 0 fully saturated rings. The molecule has 3 rings (SSSR count). The monoisotopic (exact) mass is 559 g/mol. The van der Waals surface area contributed by atoms with Gasteiger partial charge in [0.2, 0.25) is 0 Å². The van der Waals surface area contributed by atoms with Gasteiger partial charge in [0, 0.05) is 10.4 Å². The second-order valence-corrected chi connectivity index (χ2v) is 8.83. The number of terminal acetylenes is 1. The lowest BCUT2D eigenvalue weighted by atomic mass is 10.1. The molecule has 0 saturated carbocycles. The zero-order valence-corrected chi connectivity index (χ0v) is 21.2. The Kier molecular flexibility index (Phi) is 8.10. The average Bonchev–Trinajstić information content (AvgIpc) is 2.78. The van der Waals surface area contributed by atoms with Crippen LogP contribution in [0.25, 0.3) is 10.9 Å². The maximum atomic E-state index is 13.3. The third-order valence-corrected chi connectivity index (χ3v) is 5.92. The molecule has 2 aromatic carbocycles. The van der Waals surface area contributed by atoms with E-state index in [2.05, 4.69) is 49.8 Å². The number of benzene rings is 2. The van der Waals surface area contributed by atoms with Crippen LogP contribution in [0, 0.1) is 12.3 Å². The summed E-state index contributed by atoms with van der Waals surface area (Å²) in [7, 11) is 0. The largest absolute Gasteiger partial charge is 0.490 e. The van der Waals surface area contributed by atoms with E-state index in [-0.39, 0.29) is 18.1 Å². The van der Waals surface area contributed by atoms with Crippen molar-refractivity contribution in [2.45, 2.75) is 33.1 Å². The Morgan fingerprint density at radius 1 is 1.25 bits per heavy atom. The van der Waals surface area contributed by atoms with Gasteiger partial charge >= 0.3 is 0 Å². The first-order chi connectivity index (χ1) is 15.4. The van der Waals surface area contributed by atoms with Crippen LogP contribution < -0.4 is 15.0 Å². The molecule has 3 aromatic rings. The van der Waals surface area contributed by atoms with Gasteiger partial charge in [-0.1, -0.05) is 35.7 Å². The molecule has 0 unspecified atom stereocenters. The van der Waals surface area contributed by atoms with Crippen molar-refractivity contribution in [3.05, 3.63) is 61.0 Å². The van der Waals surface area contributed by atoms with Gasteiger partial charge in [-0.15, -0.1) is 6.42 Å². The van der Waals surface area contributed by atoms with E-state index in [1.54, 1.807) is 18.3 Å². The first-order valence-electron chi connectivity index (χ1n) is 10.2. The number of rotatable bonds is 8. The Labute approximate surface area is 203 Å². The lowest BCUT2D eigenvalue weighted by Crippen LogP contribution is -2.23. The van der Waals surface area contributed by atoms with Crippen molar-refractivity contribution >= 4 is 49.0 Å². The van der Waals surface area contributed by atoms with Crippen molar-refractivity contribution < 1.29 is 9.47 Å². The van der Waals surface area contributed by atoms with Crippen molar-refractivity contribution in [2.75, 3.05) is 13.2 Å². The number of hydrogen-bond acceptors (Lipinski definition) is 5. The van der Waals surface area contributed by atoms with Crippen LogP contribution in [0.1, 0.15) is 44.5 Å². The number of aromatic nitrogens is 2. The number of ether oxygens (including phenoxy) is 2. The van der Waals surface area contributed by atoms with Gasteiger partial charge in [0.25, 0.3) is 5.56 Å². The molecule has 1 heterocycles. The van der Waals surface area contributed by atoms with E-state index in [1.165, 1.54) is 4.68 Å². The molecule has 32 heavy (non-hydrogen) atoms. The molecule has 0 amide bonds. The molecule has 1 atom stereocenters. The maximum Gasteiger partial charge on any atom is 0.282 e. The van der Waals surface area contributed by atoms with Gasteiger partial charge in [-0.05, 0) is 65.2 Å². The minimum absolute atomic E-state index is 0.0538. The predicted octanol–water partition coefficient (Wildman–Crippen LogP) is 5.73. The third-order valence-electron chi connectivity index (χ3n) is 4.84. The molecule has 0 spiro atoms. The number of nitrogens with zero attached hydrogens (tertiary/aromatic N) is 3. The standard InChI is InChI=1S/C24H23Br2N3O3/c1-5-10-32-22-19(26)11-16(12-21(22)31-7-3)14-27-29-23(15(4)6-2)28-20-9-8-17(25)13-18(20)24(29)30/h1,8-9,11-15H,6-7,10H2,2-4H3/t15-/m1/s1. The van der Waals surface area contributed by atoms with Gasteiger partial charge < -0.3 is 9.47 Å². The lowest BCUT2D eigenvalue weighted by Gasteiger charge is -2.15. The summed E-state index contributed by atoms with van der Waals surface area (Å²) in [4.78, 5) is 18.0. The average molecular weight is 561 g/mol. The third kappa shape index (κ3) is 5.22. The van der Waals surface area contributed by atoms with Gasteiger partial charge in [0.1, 0.15) is 12.4 Å². The molecule has 1 aromatic heterocycles. The van der Waals surface area contributed by atoms with Gasteiger partial charge in [-0.2, -0.15) is 9.78 Å². The summed E-state index contributed by atoms with van der Waals surface area (Å²) in [5.41, 5.74) is 1.15. The van der Waals surface area contributed by atoms with E-state index >= 15 is 0 Å². The molecule has 0 N–H and O–H groups in total. The Morgan fingerprint density at radius 2 is 2.03 bits per heavy atom. The summed E-state index contributed by atoms with van der Waals surface area (Å²) in [6.45, 7) is 6.55. The predicted molar refractivity (Wildman–Crippen MR) is 135 cm³/mol. The van der Waals surface area contributed by atoms with Crippen molar-refractivity contribution in [2.24, 2.45) is 5.10 Å². The van der Waals surface area contributed by atoms with Crippen molar-refractivity contribution in [1.29, 1.82) is 0 Å². The van der Waals surface area contributed by atoms with E-state index in [9.17, 15) is 4.79 Å². The zero-order valence-electron chi connectivity index (χ0n) is 18.1. The summed E-state index contributed by atoms with van der Waals surface area (Å²) >= 11 is 6.93. The first kappa shape index (κ1) is 24.0. The first-order valence-corrected chi connectivity index (χ1v) is 11.8. The Balaban J connectivity index is 2.12. The molecular formula is C24H23Br2N3O3. The Bertz CT molecular complexity index is 1260. The fourth-order valence-electron chi connectivity index (χ4n) is 3.08. The number of fused-ring (bicyclic) bond motifs is 1. The SMILES string of the molecule is C#CCOc1c(Br)cc(C=Nn2c([C@H](C)CC)nc3ccc(Br)cc3c2=O)cc1OCC. The van der Waals surface area contributed by atoms with Crippen LogP contribution >= 0.6 is 31.9 Å². The van der Waals surface area contributed by atoms with Crippen LogP contribution in [0.5, 0.6) is 11.5 Å². The summed E-state index contributed by atoms with van der Waals surface area (Å²) in [6, 6.07) is 9.10. The Morgan fingerprint density at radius 3 is 2.72 bits per heavy atom. The lowest BCUT2D eigenvalue weighted by molar-refractivity contribution is 0.298. The molecule has 0 aliphatic rings.